The van der Waals surface area contributed by atoms with E-state index >= 15 is 0 Å². The fraction of sp³-hybridized carbons (Fsp3) is 0.200. The van der Waals surface area contributed by atoms with Crippen LogP contribution in [0.2, 0.25) is 5.02 Å². The van der Waals surface area contributed by atoms with Crippen molar-refractivity contribution in [3.63, 3.8) is 0 Å². The lowest BCUT2D eigenvalue weighted by atomic mass is 10.2. The van der Waals surface area contributed by atoms with Gasteiger partial charge in [0.1, 0.15) is 5.58 Å². The zero-order chi connectivity index (χ0) is 28.3. The number of halogens is 1. The van der Waals surface area contributed by atoms with Gasteiger partial charge in [-0.2, -0.15) is 9.78 Å². The highest BCUT2D eigenvalue weighted by Gasteiger charge is 2.20. The first kappa shape index (κ1) is 26.5. The van der Waals surface area contributed by atoms with Crippen LogP contribution in [0.15, 0.2) is 81.0 Å². The number of amides is 1. The Morgan fingerprint density at radius 2 is 1.93 bits per heavy atom. The van der Waals surface area contributed by atoms with E-state index < -0.39 is 0 Å². The SMILES string of the molecule is COc1cccc(C=Nn2c(-c3cc4cc(Cl)ccc4o3)nc3ccccc3c2=O)c1OCC(=O)N1CCOCC1. The summed E-state index contributed by atoms with van der Waals surface area (Å²) < 4.78 is 24.0. The van der Waals surface area contributed by atoms with Gasteiger partial charge in [0.15, 0.2) is 23.9 Å². The van der Waals surface area contributed by atoms with Crippen LogP contribution in [0.3, 0.4) is 0 Å². The highest BCUT2D eigenvalue weighted by atomic mass is 35.5. The lowest BCUT2D eigenvalue weighted by molar-refractivity contribution is -0.137. The number of methoxy groups -OCH3 is 1. The molecule has 3 aromatic carbocycles. The highest BCUT2D eigenvalue weighted by Crippen LogP contribution is 2.31. The summed E-state index contributed by atoms with van der Waals surface area (Å²) >= 11 is 6.17. The third-order valence-electron chi connectivity index (χ3n) is 6.70. The van der Waals surface area contributed by atoms with Crippen LogP contribution in [0.5, 0.6) is 11.5 Å². The molecule has 1 aliphatic rings. The standard InChI is InChI=1S/C30H25ClN4O6/c1-38-25-8-4-5-19(28(25)40-18-27(36)34-11-13-39-14-12-34)17-32-35-29(33-23-7-3-2-6-22(23)30(35)37)26-16-20-15-21(31)9-10-24(20)41-26/h2-10,15-17H,11-14,18H2,1H3. The molecule has 0 unspecified atom stereocenters. The number of rotatable bonds is 7. The summed E-state index contributed by atoms with van der Waals surface area (Å²) in [5, 5.41) is 6.24. The molecule has 41 heavy (non-hydrogen) atoms. The molecule has 6 rings (SSSR count). The summed E-state index contributed by atoms with van der Waals surface area (Å²) in [7, 11) is 1.51. The molecule has 0 aliphatic carbocycles. The van der Waals surface area contributed by atoms with Crippen molar-refractivity contribution in [3.05, 3.63) is 87.7 Å². The van der Waals surface area contributed by atoms with Gasteiger partial charge in [-0.1, -0.05) is 29.8 Å². The van der Waals surface area contributed by atoms with Crippen molar-refractivity contribution in [1.29, 1.82) is 0 Å². The van der Waals surface area contributed by atoms with Gasteiger partial charge in [-0.05, 0) is 48.5 Å². The number of carbonyl (C=O) groups is 1. The Bertz CT molecular complexity index is 1840. The first-order valence-electron chi connectivity index (χ1n) is 12.9. The van der Waals surface area contributed by atoms with Crippen molar-refractivity contribution in [2.75, 3.05) is 40.0 Å². The normalized spacial score (nSPS) is 13.8. The summed E-state index contributed by atoms with van der Waals surface area (Å²) in [6, 6.07) is 19.3. The second kappa shape index (κ2) is 11.4. The molecule has 0 bridgehead atoms. The Kier molecular flexibility index (Phi) is 7.41. The van der Waals surface area contributed by atoms with Crippen LogP contribution in [0.4, 0.5) is 0 Å². The van der Waals surface area contributed by atoms with Gasteiger partial charge in [0.25, 0.3) is 11.5 Å². The number of benzene rings is 3. The number of carbonyl (C=O) groups excluding carboxylic acids is 1. The predicted molar refractivity (Wildman–Crippen MR) is 155 cm³/mol. The van der Waals surface area contributed by atoms with Crippen molar-refractivity contribution < 1.29 is 23.4 Å². The first-order valence-corrected chi connectivity index (χ1v) is 13.3. The largest absolute Gasteiger partial charge is 0.493 e. The second-order valence-electron chi connectivity index (χ2n) is 9.27. The zero-order valence-corrected chi connectivity index (χ0v) is 22.8. The molecular formula is C30H25ClN4O6. The van der Waals surface area contributed by atoms with E-state index in [9.17, 15) is 9.59 Å². The van der Waals surface area contributed by atoms with Gasteiger partial charge in [0.2, 0.25) is 5.82 Å². The molecule has 10 nitrogen and oxygen atoms in total. The van der Waals surface area contributed by atoms with Crippen LogP contribution >= 0.6 is 11.6 Å². The maximum absolute atomic E-state index is 13.6. The lowest BCUT2D eigenvalue weighted by Crippen LogP contribution is -2.43. The van der Waals surface area contributed by atoms with Gasteiger partial charge in [0.05, 0.1) is 37.4 Å². The van der Waals surface area contributed by atoms with Crippen LogP contribution in [0.1, 0.15) is 5.56 Å². The molecule has 1 saturated heterocycles. The highest BCUT2D eigenvalue weighted by molar-refractivity contribution is 6.31. The topological polar surface area (TPSA) is 108 Å². The zero-order valence-electron chi connectivity index (χ0n) is 22.1. The van der Waals surface area contributed by atoms with Gasteiger partial charge in [-0.25, -0.2) is 4.98 Å². The summed E-state index contributed by atoms with van der Waals surface area (Å²) in [5.41, 5.74) is 1.22. The minimum atomic E-state index is -0.381. The van der Waals surface area contributed by atoms with Crippen molar-refractivity contribution >= 4 is 45.6 Å². The van der Waals surface area contributed by atoms with E-state index in [4.69, 9.17) is 35.2 Å². The van der Waals surface area contributed by atoms with E-state index in [-0.39, 0.29) is 23.9 Å². The average Bonchev–Trinajstić information content (AvgIpc) is 3.43. The van der Waals surface area contributed by atoms with Crippen LogP contribution in [-0.2, 0) is 9.53 Å². The molecule has 1 aliphatic heterocycles. The molecule has 0 atom stereocenters. The molecule has 5 aromatic rings. The predicted octanol–water partition coefficient (Wildman–Crippen LogP) is 4.59. The number of hydrogen-bond acceptors (Lipinski definition) is 8. The molecule has 1 fully saturated rings. The van der Waals surface area contributed by atoms with Gasteiger partial charge < -0.3 is 23.5 Å². The average molecular weight is 573 g/mol. The van der Waals surface area contributed by atoms with E-state index in [0.29, 0.717) is 70.6 Å². The minimum absolute atomic E-state index is 0.163. The van der Waals surface area contributed by atoms with Crippen LogP contribution in [0.25, 0.3) is 33.5 Å². The fourth-order valence-electron chi connectivity index (χ4n) is 4.62. The van der Waals surface area contributed by atoms with Gasteiger partial charge in [0, 0.05) is 29.1 Å². The van der Waals surface area contributed by atoms with Gasteiger partial charge in [-0.3, -0.25) is 9.59 Å². The van der Waals surface area contributed by atoms with Gasteiger partial charge in [-0.15, -0.1) is 0 Å². The number of hydrogen-bond donors (Lipinski definition) is 0. The number of fused-ring (bicyclic) bond motifs is 2. The molecule has 208 valence electrons. The van der Waals surface area contributed by atoms with Crippen molar-refractivity contribution in [1.82, 2.24) is 14.6 Å². The number of furan rings is 1. The quantitative estimate of drug-likeness (QED) is 0.262. The smallest absolute Gasteiger partial charge is 0.282 e. The van der Waals surface area contributed by atoms with E-state index in [0.717, 1.165) is 5.39 Å². The Morgan fingerprint density at radius 1 is 1.10 bits per heavy atom. The van der Waals surface area contributed by atoms with E-state index in [1.165, 1.54) is 18.0 Å². The third kappa shape index (κ3) is 5.39. The van der Waals surface area contributed by atoms with Crippen LogP contribution < -0.4 is 15.0 Å². The monoisotopic (exact) mass is 572 g/mol. The molecule has 11 heteroatoms. The number of nitrogens with zero attached hydrogens (tertiary/aromatic N) is 4. The molecule has 1 amide bonds. The Morgan fingerprint density at radius 3 is 2.76 bits per heavy atom. The van der Waals surface area contributed by atoms with Gasteiger partial charge >= 0.3 is 0 Å². The summed E-state index contributed by atoms with van der Waals surface area (Å²) in [6.07, 6.45) is 1.47. The summed E-state index contributed by atoms with van der Waals surface area (Å²) in [5.74, 6) is 1.14. The summed E-state index contributed by atoms with van der Waals surface area (Å²) in [4.78, 5) is 32.8. The van der Waals surface area contributed by atoms with Crippen LogP contribution in [-0.4, -0.2) is 66.7 Å². The number of morpholine rings is 1. The number of para-hydroxylation sites is 2. The third-order valence-corrected chi connectivity index (χ3v) is 6.93. The fourth-order valence-corrected chi connectivity index (χ4v) is 4.80. The molecule has 0 saturated carbocycles. The Labute approximate surface area is 239 Å². The van der Waals surface area contributed by atoms with Crippen molar-refractivity contribution in [2.24, 2.45) is 5.10 Å². The van der Waals surface area contributed by atoms with Crippen molar-refractivity contribution in [2.45, 2.75) is 0 Å². The second-order valence-corrected chi connectivity index (χ2v) is 9.70. The van der Waals surface area contributed by atoms with E-state index in [1.54, 1.807) is 65.6 Å². The maximum Gasteiger partial charge on any atom is 0.282 e. The number of aromatic nitrogens is 2. The molecule has 0 radical (unpaired) electrons. The first-order chi connectivity index (χ1) is 20.0. The molecule has 3 heterocycles. The van der Waals surface area contributed by atoms with E-state index in [1.807, 2.05) is 6.07 Å². The Balaban J connectivity index is 1.40. The molecule has 2 aromatic heterocycles. The maximum atomic E-state index is 13.6. The number of ether oxygens (including phenoxy) is 3. The van der Waals surface area contributed by atoms with E-state index in [2.05, 4.69) is 5.10 Å². The molecular weight excluding hydrogens is 548 g/mol. The summed E-state index contributed by atoms with van der Waals surface area (Å²) in [6.45, 7) is 1.82. The molecule has 0 spiro atoms. The minimum Gasteiger partial charge on any atom is -0.493 e. The lowest BCUT2D eigenvalue weighted by Gasteiger charge is -2.27. The Hall–Kier alpha value is -4.67. The molecule has 0 N–H and O–H groups in total. The van der Waals surface area contributed by atoms with Crippen molar-refractivity contribution in [3.8, 4) is 23.1 Å². The van der Waals surface area contributed by atoms with Crippen LogP contribution in [0, 0.1) is 0 Å².